The molecule has 0 amide bonds. The van der Waals surface area contributed by atoms with Crippen LogP contribution in [0.15, 0.2) is 30.7 Å². The second-order valence-electron chi connectivity index (χ2n) is 4.56. The highest BCUT2D eigenvalue weighted by atomic mass is 16.5. The summed E-state index contributed by atoms with van der Waals surface area (Å²) in [5.74, 6) is 0.499. The van der Waals surface area contributed by atoms with E-state index in [1.165, 1.54) is 0 Å². The highest BCUT2D eigenvalue weighted by molar-refractivity contribution is 5.98. The van der Waals surface area contributed by atoms with Crippen molar-refractivity contribution < 1.29 is 9.53 Å². The molecule has 0 spiro atoms. The number of methoxy groups -OCH3 is 1. The summed E-state index contributed by atoms with van der Waals surface area (Å²) < 4.78 is 6.91. The van der Waals surface area contributed by atoms with E-state index < -0.39 is 0 Å². The van der Waals surface area contributed by atoms with Crippen molar-refractivity contribution in [1.29, 1.82) is 0 Å². The standard InChI is InChI=1S/C14H17N3O2/c1-10(2)17-14(13(19-3)9-16-17)12(18)7-11-5-4-6-15-8-11/h4-6,8-10H,7H2,1-3H3. The molecule has 0 radical (unpaired) electrons. The van der Waals surface area contributed by atoms with Crippen LogP contribution in [0.5, 0.6) is 5.75 Å². The molecule has 0 atom stereocenters. The van der Waals surface area contributed by atoms with Crippen molar-refractivity contribution in [3.8, 4) is 5.75 Å². The highest BCUT2D eigenvalue weighted by Gasteiger charge is 2.21. The minimum atomic E-state index is -0.0175. The lowest BCUT2D eigenvalue weighted by Crippen LogP contribution is -2.15. The predicted octanol–water partition coefficient (Wildman–Crippen LogP) is 2.29. The van der Waals surface area contributed by atoms with Crippen LogP contribution in [0.3, 0.4) is 0 Å². The molecule has 2 heterocycles. The first-order chi connectivity index (χ1) is 9.13. The van der Waals surface area contributed by atoms with Gasteiger partial charge in [0.1, 0.15) is 5.69 Å². The molecule has 2 aromatic rings. The van der Waals surface area contributed by atoms with Crippen molar-refractivity contribution in [2.75, 3.05) is 7.11 Å². The molecule has 0 fully saturated rings. The number of ketones is 1. The molecule has 5 nitrogen and oxygen atoms in total. The van der Waals surface area contributed by atoms with E-state index in [0.29, 0.717) is 17.9 Å². The number of aromatic nitrogens is 3. The maximum atomic E-state index is 12.4. The molecule has 0 aromatic carbocycles. The molecule has 0 N–H and O–H groups in total. The van der Waals surface area contributed by atoms with Gasteiger partial charge in [-0.2, -0.15) is 5.10 Å². The molecular formula is C14H17N3O2. The summed E-state index contributed by atoms with van der Waals surface area (Å²) in [4.78, 5) is 16.4. The third-order valence-electron chi connectivity index (χ3n) is 2.82. The average Bonchev–Trinajstić information content (AvgIpc) is 2.83. The summed E-state index contributed by atoms with van der Waals surface area (Å²) >= 11 is 0. The van der Waals surface area contributed by atoms with E-state index >= 15 is 0 Å². The molecule has 0 unspecified atom stereocenters. The van der Waals surface area contributed by atoms with Crippen molar-refractivity contribution in [2.24, 2.45) is 0 Å². The molecule has 0 aliphatic carbocycles. The van der Waals surface area contributed by atoms with Crippen molar-refractivity contribution in [3.05, 3.63) is 42.0 Å². The number of pyridine rings is 1. The Labute approximate surface area is 112 Å². The lowest BCUT2D eigenvalue weighted by molar-refractivity contribution is 0.0977. The van der Waals surface area contributed by atoms with Crippen LogP contribution in [0.2, 0.25) is 0 Å². The Balaban J connectivity index is 2.30. The van der Waals surface area contributed by atoms with Crippen LogP contribution in [-0.4, -0.2) is 27.7 Å². The van der Waals surface area contributed by atoms with Gasteiger partial charge in [0, 0.05) is 24.9 Å². The van der Waals surface area contributed by atoms with Gasteiger partial charge in [0.15, 0.2) is 11.5 Å². The second kappa shape index (κ2) is 5.65. The molecule has 2 aromatic heterocycles. The number of nitrogens with zero attached hydrogens (tertiary/aromatic N) is 3. The lowest BCUT2D eigenvalue weighted by Gasteiger charge is -2.11. The number of rotatable bonds is 5. The first-order valence-corrected chi connectivity index (χ1v) is 6.17. The molecule has 0 saturated heterocycles. The number of hydrogen-bond donors (Lipinski definition) is 0. The summed E-state index contributed by atoms with van der Waals surface area (Å²) in [5, 5.41) is 4.20. The zero-order chi connectivity index (χ0) is 13.8. The molecule has 2 rings (SSSR count). The SMILES string of the molecule is COc1cnn(C(C)C)c1C(=O)Cc1cccnc1. The molecule has 0 aliphatic rings. The number of ether oxygens (including phenoxy) is 1. The average molecular weight is 259 g/mol. The number of Topliss-reactive ketones (excluding diaryl/α,β-unsaturated/α-hetero) is 1. The summed E-state index contributed by atoms with van der Waals surface area (Å²) in [6.45, 7) is 3.96. The monoisotopic (exact) mass is 259 g/mol. The van der Waals surface area contributed by atoms with Crippen molar-refractivity contribution >= 4 is 5.78 Å². The van der Waals surface area contributed by atoms with Gasteiger partial charge < -0.3 is 4.74 Å². The molecule has 0 saturated carbocycles. The normalized spacial score (nSPS) is 10.7. The first-order valence-electron chi connectivity index (χ1n) is 6.17. The molecule has 0 bridgehead atoms. The van der Waals surface area contributed by atoms with Crippen molar-refractivity contribution in [2.45, 2.75) is 26.3 Å². The molecule has 0 aliphatic heterocycles. The van der Waals surface area contributed by atoms with Crippen LogP contribution >= 0.6 is 0 Å². The quantitative estimate of drug-likeness (QED) is 0.773. The second-order valence-corrected chi connectivity index (χ2v) is 4.56. The summed E-state index contributed by atoms with van der Waals surface area (Å²) in [6, 6.07) is 3.81. The minimum absolute atomic E-state index is 0.0175. The van der Waals surface area contributed by atoms with E-state index in [1.54, 1.807) is 30.4 Å². The minimum Gasteiger partial charge on any atom is -0.493 e. The van der Waals surface area contributed by atoms with Crippen LogP contribution in [0.1, 0.15) is 35.9 Å². The highest BCUT2D eigenvalue weighted by Crippen LogP contribution is 2.22. The van der Waals surface area contributed by atoms with Crippen LogP contribution in [-0.2, 0) is 6.42 Å². The predicted molar refractivity (Wildman–Crippen MR) is 71.4 cm³/mol. The van der Waals surface area contributed by atoms with Gasteiger partial charge in [0.05, 0.1) is 13.3 Å². The van der Waals surface area contributed by atoms with Gasteiger partial charge >= 0.3 is 0 Å². The Morgan fingerprint density at radius 1 is 1.42 bits per heavy atom. The van der Waals surface area contributed by atoms with Crippen LogP contribution in [0.4, 0.5) is 0 Å². The van der Waals surface area contributed by atoms with E-state index in [0.717, 1.165) is 5.56 Å². The largest absolute Gasteiger partial charge is 0.493 e. The fourth-order valence-electron chi connectivity index (χ4n) is 1.92. The zero-order valence-electron chi connectivity index (χ0n) is 11.3. The smallest absolute Gasteiger partial charge is 0.189 e. The fraction of sp³-hybridized carbons (Fsp3) is 0.357. The lowest BCUT2D eigenvalue weighted by atomic mass is 10.1. The maximum Gasteiger partial charge on any atom is 0.189 e. The fourth-order valence-corrected chi connectivity index (χ4v) is 1.92. The molecule has 5 heteroatoms. The summed E-state index contributed by atoms with van der Waals surface area (Å²) in [5.41, 5.74) is 1.40. The first kappa shape index (κ1) is 13.3. The number of hydrogen-bond acceptors (Lipinski definition) is 4. The van der Waals surface area contributed by atoms with Gasteiger partial charge in [-0.25, -0.2) is 0 Å². The van der Waals surface area contributed by atoms with Gasteiger partial charge in [0.2, 0.25) is 0 Å². The topological polar surface area (TPSA) is 57.0 Å². The van der Waals surface area contributed by atoms with E-state index in [-0.39, 0.29) is 11.8 Å². The molecule has 100 valence electrons. The summed E-state index contributed by atoms with van der Waals surface area (Å²) in [6.07, 6.45) is 5.26. The Kier molecular flexibility index (Phi) is 3.94. The van der Waals surface area contributed by atoms with Crippen LogP contribution < -0.4 is 4.74 Å². The molecular weight excluding hydrogens is 242 g/mol. The van der Waals surface area contributed by atoms with Gasteiger partial charge in [-0.1, -0.05) is 6.07 Å². The van der Waals surface area contributed by atoms with Crippen LogP contribution in [0, 0.1) is 0 Å². The van der Waals surface area contributed by atoms with Crippen molar-refractivity contribution in [3.63, 3.8) is 0 Å². The molecule has 19 heavy (non-hydrogen) atoms. The number of carbonyl (C=O) groups excluding carboxylic acids is 1. The third-order valence-corrected chi connectivity index (χ3v) is 2.82. The van der Waals surface area contributed by atoms with Gasteiger partial charge in [0.25, 0.3) is 0 Å². The van der Waals surface area contributed by atoms with Gasteiger partial charge in [-0.15, -0.1) is 0 Å². The Morgan fingerprint density at radius 2 is 2.21 bits per heavy atom. The Bertz CT molecular complexity index is 561. The van der Waals surface area contributed by atoms with Gasteiger partial charge in [-0.3, -0.25) is 14.5 Å². The van der Waals surface area contributed by atoms with Crippen LogP contribution in [0.25, 0.3) is 0 Å². The Morgan fingerprint density at radius 3 is 2.79 bits per heavy atom. The van der Waals surface area contributed by atoms with E-state index in [4.69, 9.17) is 4.74 Å². The maximum absolute atomic E-state index is 12.4. The van der Waals surface area contributed by atoms with E-state index in [1.807, 2.05) is 26.0 Å². The van der Waals surface area contributed by atoms with Crippen molar-refractivity contribution in [1.82, 2.24) is 14.8 Å². The van der Waals surface area contributed by atoms with Gasteiger partial charge in [-0.05, 0) is 25.5 Å². The zero-order valence-corrected chi connectivity index (χ0v) is 11.3. The van der Waals surface area contributed by atoms with E-state index in [9.17, 15) is 4.79 Å². The summed E-state index contributed by atoms with van der Waals surface area (Å²) in [7, 11) is 1.54. The third kappa shape index (κ3) is 2.81. The Hall–Kier alpha value is -2.17. The van der Waals surface area contributed by atoms with E-state index in [2.05, 4.69) is 10.1 Å². The number of carbonyl (C=O) groups is 1.